The Morgan fingerprint density at radius 1 is 1.58 bits per heavy atom. The molecule has 2 nitrogen and oxygen atoms in total. The third kappa shape index (κ3) is 1.59. The number of amides is 1. The summed E-state index contributed by atoms with van der Waals surface area (Å²) in [6.45, 7) is 0. The molecule has 0 aliphatic heterocycles. The van der Waals surface area contributed by atoms with Crippen LogP contribution < -0.4 is 5.73 Å². The van der Waals surface area contributed by atoms with Gasteiger partial charge in [-0.15, -0.1) is 0 Å². The van der Waals surface area contributed by atoms with Crippen molar-refractivity contribution >= 4 is 33.4 Å². The van der Waals surface area contributed by atoms with Crippen molar-refractivity contribution in [2.24, 2.45) is 5.73 Å². The van der Waals surface area contributed by atoms with E-state index in [-0.39, 0.29) is 10.6 Å². The summed E-state index contributed by atoms with van der Waals surface area (Å²) in [4.78, 5) is 10.7. The second-order valence-electron chi connectivity index (χ2n) is 2.08. The first kappa shape index (κ1) is 9.48. The van der Waals surface area contributed by atoms with Gasteiger partial charge in [0, 0.05) is 4.47 Å². The van der Waals surface area contributed by atoms with E-state index >= 15 is 0 Å². The standard InChI is InChI=1S/C7H4BrClFNO/c8-3-1-2-4(10)6(9)5(3)7(11)12/h1-2H,(H2,11,12). The first-order valence-electron chi connectivity index (χ1n) is 2.97. The number of hydrogen-bond acceptors (Lipinski definition) is 1. The Kier molecular flexibility index (Phi) is 2.69. The predicted molar refractivity (Wildman–Crippen MR) is 47.6 cm³/mol. The van der Waals surface area contributed by atoms with Crippen LogP contribution in [0.2, 0.25) is 5.02 Å². The number of carbonyl (C=O) groups is 1. The number of benzene rings is 1. The van der Waals surface area contributed by atoms with Crippen LogP contribution in [-0.2, 0) is 0 Å². The van der Waals surface area contributed by atoms with Crippen molar-refractivity contribution in [2.75, 3.05) is 0 Å². The summed E-state index contributed by atoms with van der Waals surface area (Å²) in [5.74, 6) is -1.42. The quantitative estimate of drug-likeness (QED) is 0.766. The fourth-order valence-corrected chi connectivity index (χ4v) is 1.65. The lowest BCUT2D eigenvalue weighted by molar-refractivity contribution is 0.0999. The lowest BCUT2D eigenvalue weighted by Gasteiger charge is -2.02. The fourth-order valence-electron chi connectivity index (χ4n) is 0.753. The smallest absolute Gasteiger partial charge is 0.251 e. The van der Waals surface area contributed by atoms with Gasteiger partial charge in [0.05, 0.1) is 10.6 Å². The summed E-state index contributed by atoms with van der Waals surface area (Å²) < 4.78 is 13.1. The molecule has 0 saturated heterocycles. The summed E-state index contributed by atoms with van der Waals surface area (Å²) in [6.07, 6.45) is 0. The van der Waals surface area contributed by atoms with E-state index in [1.165, 1.54) is 6.07 Å². The monoisotopic (exact) mass is 251 g/mol. The Labute approximate surface area is 81.6 Å². The molecule has 2 N–H and O–H groups in total. The van der Waals surface area contributed by atoms with Gasteiger partial charge in [0.1, 0.15) is 5.82 Å². The van der Waals surface area contributed by atoms with E-state index in [0.717, 1.165) is 6.07 Å². The molecule has 1 rings (SSSR count). The molecule has 0 aromatic heterocycles. The second-order valence-corrected chi connectivity index (χ2v) is 3.31. The maximum absolute atomic E-state index is 12.8. The van der Waals surface area contributed by atoms with E-state index in [0.29, 0.717) is 4.47 Å². The van der Waals surface area contributed by atoms with Crippen molar-refractivity contribution in [2.45, 2.75) is 0 Å². The minimum atomic E-state index is -0.758. The molecule has 0 aliphatic rings. The van der Waals surface area contributed by atoms with Gasteiger partial charge in [-0.05, 0) is 28.1 Å². The molecule has 0 aliphatic carbocycles. The van der Waals surface area contributed by atoms with Gasteiger partial charge in [-0.3, -0.25) is 4.79 Å². The normalized spacial score (nSPS) is 9.92. The molecule has 0 bridgehead atoms. The highest BCUT2D eigenvalue weighted by Crippen LogP contribution is 2.26. The van der Waals surface area contributed by atoms with Crippen LogP contribution in [0.15, 0.2) is 16.6 Å². The van der Waals surface area contributed by atoms with Gasteiger partial charge in [-0.25, -0.2) is 4.39 Å². The molecular formula is C7H4BrClFNO. The largest absolute Gasteiger partial charge is 0.366 e. The molecule has 64 valence electrons. The molecule has 0 atom stereocenters. The predicted octanol–water partition coefficient (Wildman–Crippen LogP) is 2.34. The van der Waals surface area contributed by atoms with E-state index in [9.17, 15) is 9.18 Å². The molecule has 0 unspecified atom stereocenters. The Morgan fingerprint density at radius 2 is 2.17 bits per heavy atom. The number of hydrogen-bond donors (Lipinski definition) is 1. The molecule has 0 radical (unpaired) electrons. The summed E-state index contributed by atoms with van der Waals surface area (Å²) in [6, 6.07) is 2.53. The summed E-state index contributed by atoms with van der Waals surface area (Å²) in [7, 11) is 0. The Bertz CT molecular complexity index is 342. The maximum atomic E-state index is 12.8. The van der Waals surface area contributed by atoms with Gasteiger partial charge in [0.25, 0.3) is 5.91 Å². The first-order chi connectivity index (χ1) is 5.54. The van der Waals surface area contributed by atoms with Gasteiger partial charge in [-0.1, -0.05) is 11.6 Å². The lowest BCUT2D eigenvalue weighted by atomic mass is 10.2. The SMILES string of the molecule is NC(=O)c1c(Br)ccc(F)c1Cl. The van der Waals surface area contributed by atoms with Crippen molar-refractivity contribution in [3.63, 3.8) is 0 Å². The van der Waals surface area contributed by atoms with E-state index in [4.69, 9.17) is 17.3 Å². The molecule has 0 fully saturated rings. The van der Waals surface area contributed by atoms with Crippen LogP contribution >= 0.6 is 27.5 Å². The molecular weight excluding hydrogens is 248 g/mol. The van der Waals surface area contributed by atoms with E-state index in [1.54, 1.807) is 0 Å². The molecule has 5 heteroatoms. The van der Waals surface area contributed by atoms with Crippen LogP contribution in [0.3, 0.4) is 0 Å². The number of rotatable bonds is 1. The maximum Gasteiger partial charge on any atom is 0.251 e. The van der Waals surface area contributed by atoms with Crippen molar-refractivity contribution in [1.82, 2.24) is 0 Å². The zero-order chi connectivity index (χ0) is 9.30. The number of nitrogens with two attached hydrogens (primary N) is 1. The summed E-state index contributed by atoms with van der Waals surface area (Å²) in [5, 5.41) is -0.253. The molecule has 0 saturated carbocycles. The van der Waals surface area contributed by atoms with E-state index < -0.39 is 11.7 Å². The first-order valence-corrected chi connectivity index (χ1v) is 4.14. The van der Waals surface area contributed by atoms with Crippen molar-refractivity contribution in [3.8, 4) is 0 Å². The Hall–Kier alpha value is -0.610. The zero-order valence-corrected chi connectivity index (χ0v) is 8.12. The van der Waals surface area contributed by atoms with Crippen molar-refractivity contribution in [1.29, 1.82) is 0 Å². The Morgan fingerprint density at radius 3 is 2.58 bits per heavy atom. The molecule has 12 heavy (non-hydrogen) atoms. The van der Waals surface area contributed by atoms with Crippen LogP contribution in [0.25, 0.3) is 0 Å². The molecule has 1 amide bonds. The second kappa shape index (κ2) is 3.41. The highest BCUT2D eigenvalue weighted by Gasteiger charge is 2.14. The average molecular weight is 252 g/mol. The highest BCUT2D eigenvalue weighted by atomic mass is 79.9. The molecule has 0 spiro atoms. The third-order valence-electron chi connectivity index (χ3n) is 1.29. The van der Waals surface area contributed by atoms with Crippen LogP contribution in [-0.4, -0.2) is 5.91 Å². The summed E-state index contributed by atoms with van der Waals surface area (Å²) >= 11 is 8.52. The van der Waals surface area contributed by atoms with Crippen LogP contribution in [0.1, 0.15) is 10.4 Å². The van der Waals surface area contributed by atoms with Crippen molar-refractivity contribution in [3.05, 3.63) is 33.0 Å². The zero-order valence-electron chi connectivity index (χ0n) is 5.77. The van der Waals surface area contributed by atoms with Crippen molar-refractivity contribution < 1.29 is 9.18 Å². The lowest BCUT2D eigenvalue weighted by Crippen LogP contribution is -2.13. The number of halogens is 3. The molecule has 0 heterocycles. The van der Waals surface area contributed by atoms with Gasteiger partial charge in [-0.2, -0.15) is 0 Å². The fraction of sp³-hybridized carbons (Fsp3) is 0. The van der Waals surface area contributed by atoms with E-state index in [1.807, 2.05) is 0 Å². The Balaban J connectivity index is 3.43. The average Bonchev–Trinajstić information content (AvgIpc) is 1.97. The summed E-state index contributed by atoms with van der Waals surface area (Å²) in [5.41, 5.74) is 4.93. The van der Waals surface area contributed by atoms with Crippen LogP contribution in [0, 0.1) is 5.82 Å². The molecule has 1 aromatic carbocycles. The topological polar surface area (TPSA) is 43.1 Å². The van der Waals surface area contributed by atoms with Gasteiger partial charge in [0.15, 0.2) is 0 Å². The number of carbonyl (C=O) groups excluding carboxylic acids is 1. The minimum Gasteiger partial charge on any atom is -0.366 e. The van der Waals surface area contributed by atoms with Crippen LogP contribution in [0.5, 0.6) is 0 Å². The molecule has 1 aromatic rings. The van der Waals surface area contributed by atoms with Gasteiger partial charge >= 0.3 is 0 Å². The highest BCUT2D eigenvalue weighted by molar-refractivity contribution is 9.10. The van der Waals surface area contributed by atoms with Crippen LogP contribution in [0.4, 0.5) is 4.39 Å². The third-order valence-corrected chi connectivity index (χ3v) is 2.32. The van der Waals surface area contributed by atoms with E-state index in [2.05, 4.69) is 15.9 Å². The van der Waals surface area contributed by atoms with Gasteiger partial charge < -0.3 is 5.73 Å². The number of primary amides is 1. The minimum absolute atomic E-state index is 0.0309. The van der Waals surface area contributed by atoms with Gasteiger partial charge in [0.2, 0.25) is 0 Å².